The number of rotatable bonds is 39. The Morgan fingerprint density at radius 2 is 1.06 bits per heavy atom. The van der Waals surface area contributed by atoms with Crippen molar-refractivity contribution < 1.29 is 37.9 Å². The predicted octanol–water partition coefficient (Wildman–Crippen LogP) is 11.7. The summed E-state index contributed by atoms with van der Waals surface area (Å²) in [6, 6.07) is 0. The lowest BCUT2D eigenvalue weighted by Crippen LogP contribution is -2.27. The zero-order chi connectivity index (χ0) is 39.6. The minimum Gasteiger partial charge on any atom is -0.463 e. The highest BCUT2D eigenvalue weighted by molar-refractivity contribution is 7.47. The molecule has 312 valence electrons. The van der Waals surface area contributed by atoms with E-state index in [0.29, 0.717) is 12.8 Å². The minimum absolute atomic E-state index is 0.0772. The first-order valence-electron chi connectivity index (χ1n) is 21.3. The van der Waals surface area contributed by atoms with Crippen molar-refractivity contribution in [3.05, 3.63) is 60.8 Å². The highest BCUT2D eigenvalue weighted by Gasteiger charge is 2.23. The molecule has 0 aromatic rings. The Kier molecular flexibility index (Phi) is 38.7. The Bertz CT molecular complexity index is 1070. The Labute approximate surface area is 329 Å². The van der Waals surface area contributed by atoms with E-state index >= 15 is 0 Å². The van der Waals surface area contributed by atoms with Crippen molar-refractivity contribution in [3.8, 4) is 0 Å². The fraction of sp³-hybridized carbons (Fsp3) is 0.727. The molecule has 0 aliphatic rings. The van der Waals surface area contributed by atoms with Crippen LogP contribution in [0.15, 0.2) is 60.8 Å². The highest BCUT2D eigenvalue weighted by Crippen LogP contribution is 2.42. The molecule has 2 atom stereocenters. The van der Waals surface area contributed by atoms with E-state index in [4.69, 9.17) is 13.8 Å². The van der Waals surface area contributed by atoms with Crippen LogP contribution in [-0.4, -0.2) is 54.3 Å². The molecule has 3 N–H and O–H groups in total. The van der Waals surface area contributed by atoms with Gasteiger partial charge in [0.2, 0.25) is 5.91 Å². The summed E-state index contributed by atoms with van der Waals surface area (Å²) in [5.41, 5.74) is 0. The lowest BCUT2D eigenvalue weighted by Gasteiger charge is -2.15. The van der Waals surface area contributed by atoms with Crippen molar-refractivity contribution in [2.45, 2.75) is 180 Å². The maximum absolute atomic E-state index is 12.1. The van der Waals surface area contributed by atoms with Crippen molar-refractivity contribution >= 4 is 19.7 Å². The predicted molar refractivity (Wildman–Crippen MR) is 224 cm³/mol. The summed E-state index contributed by atoms with van der Waals surface area (Å²) >= 11 is 0. The summed E-state index contributed by atoms with van der Waals surface area (Å²) in [5, 5.41) is 12.7. The van der Waals surface area contributed by atoms with E-state index in [2.05, 4.69) is 79.9 Å². The van der Waals surface area contributed by atoms with Gasteiger partial charge < -0.3 is 20.1 Å². The van der Waals surface area contributed by atoms with Gasteiger partial charge in [-0.2, -0.15) is 0 Å². The lowest BCUT2D eigenvalue weighted by atomic mass is 10.0. The molecule has 0 aliphatic carbocycles. The third kappa shape index (κ3) is 40.9. The zero-order valence-electron chi connectivity index (χ0n) is 34.1. The number of nitrogens with one attached hydrogen (secondary N) is 1. The topological polar surface area (TPSA) is 131 Å². The van der Waals surface area contributed by atoms with Crippen LogP contribution in [0, 0.1) is 0 Å². The first kappa shape index (κ1) is 51.7. The van der Waals surface area contributed by atoms with Gasteiger partial charge in [0.05, 0.1) is 13.2 Å². The molecule has 1 amide bonds. The number of esters is 1. The molecular weight excluding hydrogens is 701 g/mol. The number of unbranched alkanes of at least 4 members (excludes halogenated alkanes) is 16. The standard InChI is InChI=1S/C44H78NO8P/c1-3-5-7-9-11-13-15-17-19-20-21-22-23-25-27-29-31-33-35-37-44(48)51-40-42(46)41-53-54(49,50)52-39-38-45-43(47)36-34-32-30-28-26-24-18-16-14-12-10-8-6-4-2/h5,7,11,13,17,19,21-22,25,27,42,46H,3-4,6,8-10,12,14-16,18,20,23-24,26,28-41H2,1-2H3,(H,45,47)(H,49,50)/b7-5-,13-11-,19-17-,22-21-,27-25-. The molecule has 0 rings (SSSR count). The van der Waals surface area contributed by atoms with Gasteiger partial charge >= 0.3 is 13.8 Å². The Balaban J connectivity index is 3.67. The van der Waals surface area contributed by atoms with Crippen LogP contribution >= 0.6 is 7.82 Å². The molecule has 0 heterocycles. The van der Waals surface area contributed by atoms with Gasteiger partial charge in [-0.1, -0.05) is 164 Å². The summed E-state index contributed by atoms with van der Waals surface area (Å²) in [6.07, 6.45) is 47.2. The van der Waals surface area contributed by atoms with Crippen molar-refractivity contribution in [3.63, 3.8) is 0 Å². The van der Waals surface area contributed by atoms with Crippen molar-refractivity contribution in [1.82, 2.24) is 5.32 Å². The zero-order valence-corrected chi connectivity index (χ0v) is 35.0. The van der Waals surface area contributed by atoms with Gasteiger partial charge in [0, 0.05) is 19.4 Å². The Hall–Kier alpha value is -2.29. The second-order valence-electron chi connectivity index (χ2n) is 13.9. The molecule has 9 nitrogen and oxygen atoms in total. The summed E-state index contributed by atoms with van der Waals surface area (Å²) in [6.45, 7) is 3.40. The molecule has 0 radical (unpaired) electrons. The van der Waals surface area contributed by atoms with Crippen molar-refractivity contribution in [2.24, 2.45) is 0 Å². The number of hydrogen-bond donors (Lipinski definition) is 3. The van der Waals surface area contributed by atoms with Crippen LogP contribution in [-0.2, 0) is 27.9 Å². The summed E-state index contributed by atoms with van der Waals surface area (Å²) in [7, 11) is -4.42. The molecule has 54 heavy (non-hydrogen) atoms. The highest BCUT2D eigenvalue weighted by atomic mass is 31.2. The van der Waals surface area contributed by atoms with E-state index in [1.807, 2.05) is 0 Å². The van der Waals surface area contributed by atoms with Gasteiger partial charge in [0.15, 0.2) is 0 Å². The average Bonchev–Trinajstić information content (AvgIpc) is 3.16. The molecule has 0 aliphatic heterocycles. The van der Waals surface area contributed by atoms with Crippen LogP contribution in [0.5, 0.6) is 0 Å². The van der Waals surface area contributed by atoms with E-state index in [1.54, 1.807) is 0 Å². The van der Waals surface area contributed by atoms with Crippen LogP contribution in [0.1, 0.15) is 174 Å². The monoisotopic (exact) mass is 780 g/mol. The summed E-state index contributed by atoms with van der Waals surface area (Å²) < 4.78 is 26.8. The molecule has 0 saturated carbocycles. The first-order chi connectivity index (χ1) is 26.3. The number of phosphoric acid groups is 1. The van der Waals surface area contributed by atoms with Crippen LogP contribution in [0.4, 0.5) is 0 Å². The number of amides is 1. The third-order valence-corrected chi connectivity index (χ3v) is 9.70. The molecule has 0 saturated heterocycles. The molecule has 0 spiro atoms. The number of ether oxygens (including phenoxy) is 1. The van der Waals surface area contributed by atoms with E-state index in [1.165, 1.54) is 70.6 Å². The van der Waals surface area contributed by atoms with Crippen molar-refractivity contribution in [1.29, 1.82) is 0 Å². The fourth-order valence-electron chi connectivity index (χ4n) is 5.52. The maximum atomic E-state index is 12.1. The normalized spacial score (nSPS) is 13.9. The molecule has 0 bridgehead atoms. The molecule has 0 aromatic carbocycles. The van der Waals surface area contributed by atoms with Crippen LogP contribution < -0.4 is 5.32 Å². The molecule has 10 heteroatoms. The SMILES string of the molecule is CC/C=C\C/C=C\C/C=C\C/C=C\C/C=C\CCCCCC(=O)OCC(O)COP(=O)(O)OCCNC(=O)CCCCCCCCCCCCCCCC. The smallest absolute Gasteiger partial charge is 0.463 e. The van der Waals surface area contributed by atoms with Gasteiger partial charge in [0.1, 0.15) is 12.7 Å². The van der Waals surface area contributed by atoms with E-state index in [9.17, 15) is 24.2 Å². The number of carbonyl (C=O) groups is 2. The lowest BCUT2D eigenvalue weighted by molar-refractivity contribution is -0.147. The largest absolute Gasteiger partial charge is 0.472 e. The molecule has 0 fully saturated rings. The number of carbonyl (C=O) groups excluding carboxylic acids is 2. The van der Waals surface area contributed by atoms with Gasteiger partial charge in [-0.25, -0.2) is 4.57 Å². The summed E-state index contributed by atoms with van der Waals surface area (Å²) in [5.74, 6) is -0.550. The summed E-state index contributed by atoms with van der Waals surface area (Å²) in [4.78, 5) is 33.9. The Morgan fingerprint density at radius 3 is 1.59 bits per heavy atom. The van der Waals surface area contributed by atoms with Crippen LogP contribution in [0.2, 0.25) is 0 Å². The number of aliphatic hydroxyl groups excluding tert-OH is 1. The van der Waals surface area contributed by atoms with E-state index in [-0.39, 0.29) is 32.1 Å². The quantitative estimate of drug-likeness (QED) is 0.0243. The molecule has 0 aromatic heterocycles. The maximum Gasteiger partial charge on any atom is 0.472 e. The van der Waals surface area contributed by atoms with Crippen LogP contribution in [0.25, 0.3) is 0 Å². The number of phosphoric ester groups is 1. The second kappa shape index (κ2) is 40.4. The average molecular weight is 780 g/mol. The second-order valence-corrected chi connectivity index (χ2v) is 15.4. The number of allylic oxidation sites excluding steroid dienone is 10. The Morgan fingerprint density at radius 1 is 0.593 bits per heavy atom. The third-order valence-electron chi connectivity index (χ3n) is 8.71. The first-order valence-corrected chi connectivity index (χ1v) is 22.8. The number of hydrogen-bond acceptors (Lipinski definition) is 7. The number of aliphatic hydroxyl groups is 1. The molecular formula is C44H78NO8P. The van der Waals surface area contributed by atoms with Gasteiger partial charge in [-0.15, -0.1) is 0 Å². The van der Waals surface area contributed by atoms with E-state index < -0.39 is 26.5 Å². The van der Waals surface area contributed by atoms with Gasteiger partial charge in [-0.05, 0) is 57.8 Å². The van der Waals surface area contributed by atoms with Crippen LogP contribution in [0.3, 0.4) is 0 Å². The molecule has 2 unspecified atom stereocenters. The minimum atomic E-state index is -4.42. The fourth-order valence-corrected chi connectivity index (χ4v) is 6.28. The van der Waals surface area contributed by atoms with E-state index in [0.717, 1.165) is 70.6 Å². The van der Waals surface area contributed by atoms with Gasteiger partial charge in [0.25, 0.3) is 0 Å². The van der Waals surface area contributed by atoms with Crippen molar-refractivity contribution in [2.75, 3.05) is 26.4 Å². The van der Waals surface area contributed by atoms with Gasteiger partial charge in [-0.3, -0.25) is 18.6 Å².